The van der Waals surface area contributed by atoms with Gasteiger partial charge in [0.2, 0.25) is 0 Å². The van der Waals surface area contributed by atoms with Crippen LogP contribution in [-0.4, -0.2) is 16.5 Å². The van der Waals surface area contributed by atoms with Crippen molar-refractivity contribution >= 4 is 45.4 Å². The van der Waals surface area contributed by atoms with Crippen LogP contribution in [0.15, 0.2) is 57.7 Å². The highest BCUT2D eigenvalue weighted by atomic mass is 35.5. The van der Waals surface area contributed by atoms with E-state index in [1.165, 1.54) is 19.1 Å². The van der Waals surface area contributed by atoms with Gasteiger partial charge in [0.05, 0.1) is 11.3 Å². The SMILES string of the molecule is CC(=O)OCc1c(COC(=O)c2cccc(Cl)c2)c2c3ccc(=O)oc3ccc2n1C. The molecule has 8 heteroatoms. The van der Waals surface area contributed by atoms with Gasteiger partial charge in [-0.05, 0) is 36.4 Å². The Morgan fingerprint density at radius 3 is 2.61 bits per heavy atom. The van der Waals surface area contributed by atoms with E-state index in [4.69, 9.17) is 25.5 Å². The van der Waals surface area contributed by atoms with Gasteiger partial charge in [-0.25, -0.2) is 9.59 Å². The topological polar surface area (TPSA) is 87.7 Å². The number of aryl methyl sites for hydroxylation is 1. The van der Waals surface area contributed by atoms with Crippen molar-refractivity contribution in [3.05, 3.63) is 80.8 Å². The lowest BCUT2D eigenvalue weighted by Gasteiger charge is -2.10. The third-order valence-corrected chi connectivity index (χ3v) is 5.25. The molecule has 158 valence electrons. The molecule has 0 aliphatic carbocycles. The number of carbonyl (C=O) groups is 2. The summed E-state index contributed by atoms with van der Waals surface area (Å²) in [7, 11) is 1.83. The standard InChI is InChI=1S/C23H18ClNO6/c1-13(26)29-12-19-17(11-30-23(28)14-4-3-5-15(24)10-14)22-16-6-9-21(27)31-20(16)8-7-18(22)25(19)2/h3-10H,11-12H2,1-2H3. The van der Waals surface area contributed by atoms with Crippen LogP contribution in [0.25, 0.3) is 21.9 Å². The van der Waals surface area contributed by atoms with Crippen molar-refractivity contribution in [2.45, 2.75) is 20.1 Å². The molecule has 0 aliphatic rings. The first-order chi connectivity index (χ1) is 14.8. The number of esters is 2. The van der Waals surface area contributed by atoms with Crippen molar-refractivity contribution in [2.75, 3.05) is 0 Å². The Bertz CT molecular complexity index is 1380. The molecule has 0 aliphatic heterocycles. The van der Waals surface area contributed by atoms with Gasteiger partial charge in [0, 0.05) is 46.9 Å². The Balaban J connectivity index is 1.81. The summed E-state index contributed by atoms with van der Waals surface area (Å²) in [6.07, 6.45) is 0. The Hall–Kier alpha value is -3.58. The van der Waals surface area contributed by atoms with Gasteiger partial charge in [-0.1, -0.05) is 17.7 Å². The van der Waals surface area contributed by atoms with E-state index in [-0.39, 0.29) is 13.2 Å². The summed E-state index contributed by atoms with van der Waals surface area (Å²) in [4.78, 5) is 35.6. The lowest BCUT2D eigenvalue weighted by Crippen LogP contribution is -2.09. The van der Waals surface area contributed by atoms with E-state index in [0.29, 0.717) is 32.8 Å². The molecule has 0 saturated heterocycles. The molecule has 2 heterocycles. The number of hydrogen-bond donors (Lipinski definition) is 0. The maximum Gasteiger partial charge on any atom is 0.338 e. The second-order valence-electron chi connectivity index (χ2n) is 6.98. The number of ether oxygens (including phenoxy) is 2. The smallest absolute Gasteiger partial charge is 0.338 e. The van der Waals surface area contributed by atoms with Gasteiger partial charge in [-0.2, -0.15) is 0 Å². The highest BCUT2D eigenvalue weighted by Crippen LogP contribution is 2.33. The van der Waals surface area contributed by atoms with Gasteiger partial charge in [0.25, 0.3) is 0 Å². The number of nitrogens with zero attached hydrogens (tertiary/aromatic N) is 1. The molecular weight excluding hydrogens is 422 g/mol. The minimum absolute atomic E-state index is 0.00282. The first-order valence-corrected chi connectivity index (χ1v) is 9.82. The minimum atomic E-state index is -0.537. The van der Waals surface area contributed by atoms with Gasteiger partial charge in [-0.3, -0.25) is 4.79 Å². The molecule has 0 radical (unpaired) electrons. The van der Waals surface area contributed by atoms with E-state index in [9.17, 15) is 14.4 Å². The Labute approximate surface area is 181 Å². The summed E-state index contributed by atoms with van der Waals surface area (Å²) in [6.45, 7) is 1.26. The van der Waals surface area contributed by atoms with Crippen LogP contribution in [0, 0.1) is 0 Å². The highest BCUT2D eigenvalue weighted by Gasteiger charge is 2.21. The molecule has 0 unspecified atom stereocenters. The molecule has 0 saturated carbocycles. The minimum Gasteiger partial charge on any atom is -0.459 e. The van der Waals surface area contributed by atoms with E-state index in [1.807, 2.05) is 11.6 Å². The van der Waals surface area contributed by atoms with Crippen LogP contribution < -0.4 is 5.63 Å². The molecule has 0 fully saturated rings. The van der Waals surface area contributed by atoms with Crippen LogP contribution in [0.2, 0.25) is 5.02 Å². The lowest BCUT2D eigenvalue weighted by atomic mass is 10.1. The summed E-state index contributed by atoms with van der Waals surface area (Å²) in [6, 6.07) is 13.0. The fraction of sp³-hybridized carbons (Fsp3) is 0.174. The fourth-order valence-electron chi connectivity index (χ4n) is 3.57. The van der Waals surface area contributed by atoms with Gasteiger partial charge < -0.3 is 18.5 Å². The number of benzene rings is 2. The maximum atomic E-state index is 12.6. The van der Waals surface area contributed by atoms with Crippen LogP contribution in [0.4, 0.5) is 0 Å². The molecule has 31 heavy (non-hydrogen) atoms. The van der Waals surface area contributed by atoms with Gasteiger partial charge in [0.15, 0.2) is 0 Å². The first-order valence-electron chi connectivity index (χ1n) is 9.44. The Morgan fingerprint density at radius 1 is 1.06 bits per heavy atom. The third kappa shape index (κ3) is 4.04. The van der Waals surface area contributed by atoms with Crippen LogP contribution in [0.3, 0.4) is 0 Å². The average molecular weight is 440 g/mol. The second kappa shape index (κ2) is 8.28. The number of hydrogen-bond acceptors (Lipinski definition) is 6. The van der Waals surface area contributed by atoms with E-state index in [2.05, 4.69) is 0 Å². The second-order valence-corrected chi connectivity index (χ2v) is 7.41. The van der Waals surface area contributed by atoms with Crippen LogP contribution in [-0.2, 0) is 34.5 Å². The van der Waals surface area contributed by atoms with Crippen molar-refractivity contribution in [3.63, 3.8) is 0 Å². The number of fused-ring (bicyclic) bond motifs is 3. The maximum absolute atomic E-state index is 12.6. The fourth-order valence-corrected chi connectivity index (χ4v) is 3.76. The zero-order valence-electron chi connectivity index (χ0n) is 16.8. The zero-order chi connectivity index (χ0) is 22.1. The third-order valence-electron chi connectivity index (χ3n) is 5.02. The first kappa shape index (κ1) is 20.7. The number of carbonyl (C=O) groups excluding carboxylic acids is 2. The van der Waals surface area contributed by atoms with Crippen molar-refractivity contribution in [1.82, 2.24) is 4.57 Å². The molecule has 0 bridgehead atoms. The van der Waals surface area contributed by atoms with Crippen LogP contribution >= 0.6 is 11.6 Å². The number of halogens is 1. The Morgan fingerprint density at radius 2 is 1.87 bits per heavy atom. The molecule has 0 spiro atoms. The summed E-state index contributed by atoms with van der Waals surface area (Å²) in [5, 5.41) is 1.87. The largest absolute Gasteiger partial charge is 0.459 e. The van der Waals surface area contributed by atoms with Gasteiger partial charge in [-0.15, -0.1) is 0 Å². The molecule has 4 aromatic rings. The van der Waals surface area contributed by atoms with E-state index < -0.39 is 17.6 Å². The molecule has 0 N–H and O–H groups in total. The molecule has 2 aromatic heterocycles. The van der Waals surface area contributed by atoms with Crippen molar-refractivity contribution in [1.29, 1.82) is 0 Å². The number of rotatable bonds is 5. The van der Waals surface area contributed by atoms with Crippen molar-refractivity contribution in [3.8, 4) is 0 Å². The predicted molar refractivity (Wildman–Crippen MR) is 115 cm³/mol. The molecule has 4 rings (SSSR count). The summed E-state index contributed by atoms with van der Waals surface area (Å²) >= 11 is 5.97. The lowest BCUT2D eigenvalue weighted by molar-refractivity contribution is -0.142. The average Bonchev–Trinajstić information content (AvgIpc) is 3.01. The molecular formula is C23H18ClNO6. The van der Waals surface area contributed by atoms with Crippen LogP contribution in [0.5, 0.6) is 0 Å². The Kier molecular flexibility index (Phi) is 5.52. The highest BCUT2D eigenvalue weighted by molar-refractivity contribution is 6.30. The number of aromatic nitrogens is 1. The zero-order valence-corrected chi connectivity index (χ0v) is 17.6. The van der Waals surface area contributed by atoms with Crippen molar-refractivity contribution in [2.24, 2.45) is 7.05 Å². The van der Waals surface area contributed by atoms with E-state index in [0.717, 1.165) is 10.9 Å². The van der Waals surface area contributed by atoms with Crippen LogP contribution in [0.1, 0.15) is 28.5 Å². The normalized spacial score (nSPS) is 11.1. The quantitative estimate of drug-likeness (QED) is 0.339. The van der Waals surface area contributed by atoms with Gasteiger partial charge in [0.1, 0.15) is 18.8 Å². The van der Waals surface area contributed by atoms with E-state index in [1.54, 1.807) is 36.4 Å². The molecule has 7 nitrogen and oxygen atoms in total. The summed E-state index contributed by atoms with van der Waals surface area (Å²) < 4.78 is 18.0. The summed E-state index contributed by atoms with van der Waals surface area (Å²) in [5.41, 5.74) is 2.42. The summed E-state index contributed by atoms with van der Waals surface area (Å²) in [5.74, 6) is -0.965. The van der Waals surface area contributed by atoms with Crippen molar-refractivity contribution < 1.29 is 23.5 Å². The molecule has 0 atom stereocenters. The molecule has 0 amide bonds. The monoisotopic (exact) mass is 439 g/mol. The van der Waals surface area contributed by atoms with Gasteiger partial charge >= 0.3 is 17.6 Å². The predicted octanol–water partition coefficient (Wildman–Crippen LogP) is 4.36. The van der Waals surface area contributed by atoms with E-state index >= 15 is 0 Å². The molecule has 2 aromatic carbocycles.